The topological polar surface area (TPSA) is 38.3 Å². The molecule has 0 aromatic heterocycles. The van der Waals surface area contributed by atoms with E-state index in [0.717, 1.165) is 16.9 Å². The Hall–Kier alpha value is -2.55. The smallest absolute Gasteiger partial charge is 0.250 e. The summed E-state index contributed by atoms with van der Waals surface area (Å²) in [6, 6.07) is 15.8. The van der Waals surface area contributed by atoms with Crippen LogP contribution in [0.5, 0.6) is 5.75 Å². The van der Waals surface area contributed by atoms with Crippen LogP contribution in [0.1, 0.15) is 16.7 Å². The lowest BCUT2D eigenvalue weighted by molar-refractivity contribution is -0.117. The Morgan fingerprint density at radius 1 is 1.19 bits per heavy atom. The molecule has 106 valence electrons. The summed E-state index contributed by atoms with van der Waals surface area (Å²) in [5, 5.41) is 2.94. The first kappa shape index (κ1) is 13.4. The minimum Gasteiger partial charge on any atom is -0.488 e. The molecule has 0 atom stereocenters. The van der Waals surface area contributed by atoms with Gasteiger partial charge in [-0.2, -0.15) is 0 Å². The second kappa shape index (κ2) is 5.83. The molecule has 0 bridgehead atoms. The number of carbonyl (C=O) groups is 1. The fourth-order valence-electron chi connectivity index (χ4n) is 2.37. The van der Waals surface area contributed by atoms with Gasteiger partial charge in [0, 0.05) is 12.1 Å². The highest BCUT2D eigenvalue weighted by molar-refractivity contribution is 5.99. The van der Waals surface area contributed by atoms with Gasteiger partial charge in [0.25, 0.3) is 5.91 Å². The Balaban J connectivity index is 1.68. The van der Waals surface area contributed by atoms with Gasteiger partial charge < -0.3 is 10.1 Å². The molecule has 3 rings (SSSR count). The van der Waals surface area contributed by atoms with Crippen molar-refractivity contribution in [3.63, 3.8) is 0 Å². The van der Waals surface area contributed by atoms with Crippen LogP contribution in [-0.2, 0) is 11.3 Å². The maximum atomic E-state index is 12.2. The minimum atomic E-state index is -0.0778. The molecule has 2 aromatic carbocycles. The van der Waals surface area contributed by atoms with Gasteiger partial charge in [-0.3, -0.25) is 4.79 Å². The van der Waals surface area contributed by atoms with Crippen LogP contribution in [0.15, 0.2) is 54.1 Å². The van der Waals surface area contributed by atoms with Crippen LogP contribution < -0.4 is 10.1 Å². The molecule has 0 radical (unpaired) electrons. The number of ether oxygens (including phenoxy) is 1. The number of para-hydroxylation sites is 1. The van der Waals surface area contributed by atoms with Gasteiger partial charge in [-0.1, -0.05) is 48.0 Å². The summed E-state index contributed by atoms with van der Waals surface area (Å²) in [6.45, 7) is 2.88. The van der Waals surface area contributed by atoms with E-state index < -0.39 is 0 Å². The summed E-state index contributed by atoms with van der Waals surface area (Å²) < 4.78 is 5.60. The Labute approximate surface area is 124 Å². The third-order valence-corrected chi connectivity index (χ3v) is 3.46. The van der Waals surface area contributed by atoms with Gasteiger partial charge in [0.1, 0.15) is 12.4 Å². The van der Waals surface area contributed by atoms with Crippen LogP contribution in [0.25, 0.3) is 6.08 Å². The average Bonchev–Trinajstić information content (AvgIpc) is 2.52. The number of fused-ring (bicyclic) bond motifs is 1. The fourth-order valence-corrected chi connectivity index (χ4v) is 2.37. The molecule has 2 aromatic rings. The monoisotopic (exact) mass is 279 g/mol. The highest BCUT2D eigenvalue weighted by atomic mass is 16.5. The van der Waals surface area contributed by atoms with Gasteiger partial charge in [0.15, 0.2) is 0 Å². The molecule has 0 unspecified atom stereocenters. The van der Waals surface area contributed by atoms with Crippen molar-refractivity contribution >= 4 is 12.0 Å². The molecule has 21 heavy (non-hydrogen) atoms. The van der Waals surface area contributed by atoms with E-state index in [1.165, 1.54) is 5.56 Å². The molecule has 0 fully saturated rings. The summed E-state index contributed by atoms with van der Waals surface area (Å²) in [7, 11) is 0. The number of nitrogens with one attached hydrogen (secondary N) is 1. The summed E-state index contributed by atoms with van der Waals surface area (Å²) in [5.41, 5.74) is 3.89. The molecule has 0 aliphatic carbocycles. The largest absolute Gasteiger partial charge is 0.488 e. The third kappa shape index (κ3) is 3.14. The molecule has 1 N–H and O–H groups in total. The lowest BCUT2D eigenvalue weighted by Gasteiger charge is -2.17. The highest BCUT2D eigenvalue weighted by Crippen LogP contribution is 2.25. The Morgan fingerprint density at radius 2 is 2.05 bits per heavy atom. The number of amides is 1. The number of benzene rings is 2. The molecule has 1 aliphatic heterocycles. The van der Waals surface area contributed by atoms with Crippen molar-refractivity contribution < 1.29 is 9.53 Å². The Kier molecular flexibility index (Phi) is 3.73. The predicted molar refractivity (Wildman–Crippen MR) is 82.9 cm³/mol. The number of hydrogen-bond donors (Lipinski definition) is 1. The standard InChI is InChI=1S/C18H17NO2/c1-13-5-4-6-14(9-13)11-19-18(20)16-10-15-7-2-3-8-17(15)21-12-16/h2-10H,11-12H2,1H3,(H,19,20). The maximum Gasteiger partial charge on any atom is 0.250 e. The van der Waals surface area contributed by atoms with Gasteiger partial charge in [-0.05, 0) is 24.6 Å². The lowest BCUT2D eigenvalue weighted by atomic mass is 10.1. The molecule has 3 heteroatoms. The average molecular weight is 279 g/mol. The number of hydrogen-bond acceptors (Lipinski definition) is 2. The van der Waals surface area contributed by atoms with Gasteiger partial charge in [0.2, 0.25) is 0 Å². The predicted octanol–water partition coefficient (Wildman–Crippen LogP) is 3.09. The number of carbonyl (C=O) groups excluding carboxylic acids is 1. The summed E-state index contributed by atoms with van der Waals surface area (Å²) in [6.07, 6.45) is 1.89. The van der Waals surface area contributed by atoms with E-state index in [1.54, 1.807) is 0 Å². The maximum absolute atomic E-state index is 12.2. The molecule has 0 spiro atoms. The van der Waals surface area contributed by atoms with Gasteiger partial charge >= 0.3 is 0 Å². The van der Waals surface area contributed by atoms with Crippen molar-refractivity contribution in [2.75, 3.05) is 6.61 Å². The van der Waals surface area contributed by atoms with Crippen LogP contribution in [0, 0.1) is 6.92 Å². The van der Waals surface area contributed by atoms with Crippen molar-refractivity contribution in [1.29, 1.82) is 0 Å². The van der Waals surface area contributed by atoms with E-state index in [-0.39, 0.29) is 5.91 Å². The zero-order chi connectivity index (χ0) is 14.7. The Bertz CT molecular complexity index is 704. The number of rotatable bonds is 3. The van der Waals surface area contributed by atoms with E-state index >= 15 is 0 Å². The second-order valence-corrected chi connectivity index (χ2v) is 5.17. The molecule has 0 saturated heterocycles. The van der Waals surface area contributed by atoms with Crippen LogP contribution in [-0.4, -0.2) is 12.5 Å². The second-order valence-electron chi connectivity index (χ2n) is 5.17. The SMILES string of the molecule is Cc1cccc(CNC(=O)C2=Cc3ccccc3OC2)c1. The van der Waals surface area contributed by atoms with E-state index in [1.807, 2.05) is 55.5 Å². The first-order valence-corrected chi connectivity index (χ1v) is 6.98. The zero-order valence-corrected chi connectivity index (χ0v) is 11.9. The number of aryl methyl sites for hydroxylation is 1. The summed E-state index contributed by atoms with van der Waals surface area (Å²) in [5.74, 6) is 0.749. The van der Waals surface area contributed by atoms with Gasteiger partial charge in [-0.15, -0.1) is 0 Å². The van der Waals surface area contributed by atoms with Crippen molar-refractivity contribution in [3.05, 3.63) is 70.8 Å². The molecule has 3 nitrogen and oxygen atoms in total. The molecule has 1 amide bonds. The molecule has 1 aliphatic rings. The van der Waals surface area contributed by atoms with Gasteiger partial charge in [-0.25, -0.2) is 0 Å². The van der Waals surface area contributed by atoms with E-state index in [0.29, 0.717) is 18.7 Å². The van der Waals surface area contributed by atoms with Crippen LogP contribution in [0.2, 0.25) is 0 Å². The molecule has 1 heterocycles. The fraction of sp³-hybridized carbons (Fsp3) is 0.167. The van der Waals surface area contributed by atoms with Crippen molar-refractivity contribution in [1.82, 2.24) is 5.32 Å². The van der Waals surface area contributed by atoms with Crippen molar-refractivity contribution in [2.45, 2.75) is 13.5 Å². The van der Waals surface area contributed by atoms with Crippen molar-refractivity contribution in [3.8, 4) is 5.75 Å². The minimum absolute atomic E-state index is 0.0778. The normalized spacial score (nSPS) is 12.9. The summed E-state index contributed by atoms with van der Waals surface area (Å²) >= 11 is 0. The zero-order valence-electron chi connectivity index (χ0n) is 11.9. The van der Waals surface area contributed by atoms with E-state index in [4.69, 9.17) is 4.74 Å². The quantitative estimate of drug-likeness (QED) is 0.937. The van der Waals surface area contributed by atoms with E-state index in [9.17, 15) is 4.79 Å². The molecule has 0 saturated carbocycles. The van der Waals surface area contributed by atoms with Crippen LogP contribution in [0.3, 0.4) is 0 Å². The van der Waals surface area contributed by atoms with Crippen LogP contribution in [0.4, 0.5) is 0 Å². The van der Waals surface area contributed by atoms with Gasteiger partial charge in [0.05, 0.1) is 5.57 Å². The van der Waals surface area contributed by atoms with E-state index in [2.05, 4.69) is 11.4 Å². The summed E-state index contributed by atoms with van der Waals surface area (Å²) in [4.78, 5) is 12.2. The lowest BCUT2D eigenvalue weighted by Crippen LogP contribution is -2.28. The molecular weight excluding hydrogens is 262 g/mol. The first-order chi connectivity index (χ1) is 10.2. The highest BCUT2D eigenvalue weighted by Gasteiger charge is 2.16. The Morgan fingerprint density at radius 3 is 2.90 bits per heavy atom. The van der Waals surface area contributed by atoms with Crippen LogP contribution >= 0.6 is 0 Å². The third-order valence-electron chi connectivity index (χ3n) is 3.46. The van der Waals surface area contributed by atoms with Crippen molar-refractivity contribution in [2.24, 2.45) is 0 Å². The molecular formula is C18H17NO2. The first-order valence-electron chi connectivity index (χ1n) is 6.98.